The van der Waals surface area contributed by atoms with Gasteiger partial charge in [-0.05, 0) is 19.4 Å². The summed E-state index contributed by atoms with van der Waals surface area (Å²) < 4.78 is 15.3. The molecule has 2 saturated heterocycles. The minimum atomic E-state index is -0.985. The van der Waals surface area contributed by atoms with Gasteiger partial charge in [0.2, 0.25) is 0 Å². The van der Waals surface area contributed by atoms with Crippen LogP contribution >= 0.6 is 0 Å². The number of nitrogens with zero attached hydrogens (tertiary/aromatic N) is 1. The standard InChI is InChI=1S/C19H23NO6/c1-19(2)14(17(22)25-4)13(16(21)24-3)15-18(23)26-10-12(20(15)19)11-8-6-5-7-9-11/h5-9,12-15H,10H2,1-4H3/t12-,13+,14-,15?/m1/s1. The van der Waals surface area contributed by atoms with E-state index in [1.54, 1.807) is 0 Å². The van der Waals surface area contributed by atoms with E-state index in [-0.39, 0.29) is 12.6 Å². The number of methoxy groups -OCH3 is 2. The third-order valence-corrected chi connectivity index (χ3v) is 5.50. The van der Waals surface area contributed by atoms with Gasteiger partial charge in [0.05, 0.1) is 32.1 Å². The largest absolute Gasteiger partial charge is 0.469 e. The van der Waals surface area contributed by atoms with Crippen LogP contribution in [0.2, 0.25) is 0 Å². The second-order valence-corrected chi connectivity index (χ2v) is 7.11. The molecule has 7 heteroatoms. The third kappa shape index (κ3) is 2.67. The quantitative estimate of drug-likeness (QED) is 0.593. The van der Waals surface area contributed by atoms with Crippen LogP contribution in [0.25, 0.3) is 0 Å². The fourth-order valence-corrected chi connectivity index (χ4v) is 4.39. The zero-order valence-electron chi connectivity index (χ0n) is 15.3. The van der Waals surface area contributed by atoms with Crippen LogP contribution in [-0.2, 0) is 28.6 Å². The second kappa shape index (κ2) is 6.72. The van der Waals surface area contributed by atoms with Gasteiger partial charge in [-0.1, -0.05) is 30.3 Å². The van der Waals surface area contributed by atoms with Crippen LogP contribution in [0.1, 0.15) is 25.5 Å². The highest BCUT2D eigenvalue weighted by Crippen LogP contribution is 2.50. The normalized spacial score (nSPS) is 30.2. The molecule has 2 aliphatic heterocycles. The maximum absolute atomic E-state index is 12.6. The third-order valence-electron chi connectivity index (χ3n) is 5.50. The molecule has 0 saturated carbocycles. The molecule has 0 spiro atoms. The molecule has 3 rings (SSSR count). The van der Waals surface area contributed by atoms with Gasteiger partial charge in [0, 0.05) is 5.54 Å². The number of carbonyl (C=O) groups is 3. The minimum Gasteiger partial charge on any atom is -0.469 e. The number of fused-ring (bicyclic) bond motifs is 1. The Bertz CT molecular complexity index is 716. The molecule has 4 atom stereocenters. The van der Waals surface area contributed by atoms with E-state index >= 15 is 0 Å². The lowest BCUT2D eigenvalue weighted by molar-refractivity contribution is -0.170. The lowest BCUT2D eigenvalue weighted by Crippen LogP contribution is -2.55. The summed E-state index contributed by atoms with van der Waals surface area (Å²) in [6, 6.07) is 8.42. The average Bonchev–Trinajstić information content (AvgIpc) is 2.90. The van der Waals surface area contributed by atoms with Crippen LogP contribution < -0.4 is 0 Å². The highest BCUT2D eigenvalue weighted by Gasteiger charge is 2.66. The van der Waals surface area contributed by atoms with Gasteiger partial charge in [0.1, 0.15) is 12.6 Å². The number of morpholine rings is 1. The highest BCUT2D eigenvalue weighted by atomic mass is 16.5. The fraction of sp³-hybridized carbons (Fsp3) is 0.526. The monoisotopic (exact) mass is 361 g/mol. The van der Waals surface area contributed by atoms with Gasteiger partial charge in [-0.15, -0.1) is 0 Å². The summed E-state index contributed by atoms with van der Waals surface area (Å²) in [6.45, 7) is 3.85. The molecule has 26 heavy (non-hydrogen) atoms. The molecule has 1 aromatic rings. The smallest absolute Gasteiger partial charge is 0.324 e. The van der Waals surface area contributed by atoms with Crippen molar-refractivity contribution < 1.29 is 28.6 Å². The summed E-state index contributed by atoms with van der Waals surface area (Å²) in [4.78, 5) is 39.6. The molecule has 2 fully saturated rings. The van der Waals surface area contributed by atoms with E-state index in [1.165, 1.54) is 14.2 Å². The van der Waals surface area contributed by atoms with E-state index in [1.807, 2.05) is 49.1 Å². The van der Waals surface area contributed by atoms with Crippen molar-refractivity contribution in [2.75, 3.05) is 20.8 Å². The number of esters is 3. The molecule has 0 aromatic heterocycles. The molecule has 0 N–H and O–H groups in total. The van der Waals surface area contributed by atoms with Crippen LogP contribution in [-0.4, -0.2) is 55.2 Å². The molecule has 0 aliphatic carbocycles. The molecular weight excluding hydrogens is 338 g/mol. The van der Waals surface area contributed by atoms with Crippen molar-refractivity contribution in [1.82, 2.24) is 4.90 Å². The Balaban J connectivity index is 2.13. The van der Waals surface area contributed by atoms with Crippen molar-refractivity contribution in [1.29, 1.82) is 0 Å². The second-order valence-electron chi connectivity index (χ2n) is 7.11. The lowest BCUT2D eigenvalue weighted by Gasteiger charge is -2.44. The van der Waals surface area contributed by atoms with Crippen LogP contribution in [0.5, 0.6) is 0 Å². The molecule has 7 nitrogen and oxygen atoms in total. The lowest BCUT2D eigenvalue weighted by atomic mass is 9.80. The average molecular weight is 361 g/mol. The Labute approximate surface area is 152 Å². The maximum Gasteiger partial charge on any atom is 0.324 e. The van der Waals surface area contributed by atoms with Gasteiger partial charge in [-0.2, -0.15) is 0 Å². The first-order valence-electron chi connectivity index (χ1n) is 8.50. The summed E-state index contributed by atoms with van der Waals surface area (Å²) in [7, 11) is 2.52. The van der Waals surface area contributed by atoms with E-state index in [4.69, 9.17) is 14.2 Å². The first-order valence-corrected chi connectivity index (χ1v) is 8.50. The molecule has 2 heterocycles. The predicted octanol–water partition coefficient (Wildman–Crippen LogP) is 1.33. The van der Waals surface area contributed by atoms with Gasteiger partial charge in [0.25, 0.3) is 0 Å². The molecule has 1 unspecified atom stereocenters. The van der Waals surface area contributed by atoms with E-state index in [0.29, 0.717) is 0 Å². The zero-order valence-corrected chi connectivity index (χ0v) is 15.3. The number of hydrogen-bond donors (Lipinski definition) is 0. The number of benzene rings is 1. The first kappa shape index (κ1) is 18.4. The van der Waals surface area contributed by atoms with Gasteiger partial charge in [0.15, 0.2) is 0 Å². The fourth-order valence-electron chi connectivity index (χ4n) is 4.39. The maximum atomic E-state index is 12.6. The number of ether oxygens (including phenoxy) is 3. The zero-order chi connectivity index (χ0) is 19.1. The summed E-state index contributed by atoms with van der Waals surface area (Å²) in [6.07, 6.45) is 0. The topological polar surface area (TPSA) is 82.1 Å². The van der Waals surface area contributed by atoms with E-state index < -0.39 is 41.3 Å². The van der Waals surface area contributed by atoms with Crippen molar-refractivity contribution >= 4 is 17.9 Å². The predicted molar refractivity (Wildman–Crippen MR) is 90.9 cm³/mol. The van der Waals surface area contributed by atoms with Gasteiger partial charge >= 0.3 is 17.9 Å². The molecule has 2 aliphatic rings. The Morgan fingerprint density at radius 1 is 1.12 bits per heavy atom. The van der Waals surface area contributed by atoms with Gasteiger partial charge in [-0.3, -0.25) is 19.3 Å². The highest BCUT2D eigenvalue weighted by molar-refractivity contribution is 5.92. The number of cyclic esters (lactones) is 1. The van der Waals surface area contributed by atoms with Crippen LogP contribution in [0, 0.1) is 11.8 Å². The Hall–Kier alpha value is -2.41. The Kier molecular flexibility index (Phi) is 4.75. The SMILES string of the molecule is COC(=O)[C@@H]1C2C(=O)OC[C@H](c3ccccc3)N2C(C)(C)[C@H]1C(=O)OC. The van der Waals surface area contributed by atoms with Gasteiger partial charge in [-0.25, -0.2) is 0 Å². The number of hydrogen-bond acceptors (Lipinski definition) is 7. The Morgan fingerprint density at radius 2 is 1.73 bits per heavy atom. The van der Waals surface area contributed by atoms with Crippen molar-refractivity contribution in [2.24, 2.45) is 11.8 Å². The van der Waals surface area contributed by atoms with E-state index in [9.17, 15) is 14.4 Å². The molecule has 0 amide bonds. The Morgan fingerprint density at radius 3 is 2.31 bits per heavy atom. The summed E-state index contributed by atoms with van der Waals surface area (Å²) >= 11 is 0. The van der Waals surface area contributed by atoms with Crippen LogP contribution in [0.4, 0.5) is 0 Å². The number of rotatable bonds is 3. The summed E-state index contributed by atoms with van der Waals surface area (Å²) in [5, 5.41) is 0. The molecule has 140 valence electrons. The van der Waals surface area contributed by atoms with E-state index in [2.05, 4.69) is 0 Å². The van der Waals surface area contributed by atoms with Crippen molar-refractivity contribution in [2.45, 2.75) is 31.5 Å². The molecule has 0 radical (unpaired) electrons. The number of carbonyl (C=O) groups excluding carboxylic acids is 3. The van der Waals surface area contributed by atoms with Crippen molar-refractivity contribution in [3.05, 3.63) is 35.9 Å². The van der Waals surface area contributed by atoms with Crippen molar-refractivity contribution in [3.63, 3.8) is 0 Å². The molecule has 1 aromatic carbocycles. The van der Waals surface area contributed by atoms with Gasteiger partial charge < -0.3 is 14.2 Å². The molecular formula is C19H23NO6. The van der Waals surface area contributed by atoms with E-state index in [0.717, 1.165) is 5.56 Å². The summed E-state index contributed by atoms with van der Waals surface area (Å²) in [5.41, 5.74) is 0.142. The van der Waals surface area contributed by atoms with Crippen LogP contribution in [0.15, 0.2) is 30.3 Å². The van der Waals surface area contributed by atoms with Crippen LogP contribution in [0.3, 0.4) is 0 Å². The summed E-state index contributed by atoms with van der Waals surface area (Å²) in [5.74, 6) is -3.51. The van der Waals surface area contributed by atoms with Crippen molar-refractivity contribution in [3.8, 4) is 0 Å². The molecule has 0 bridgehead atoms. The first-order chi connectivity index (χ1) is 12.3. The minimum absolute atomic E-state index is 0.157.